The second-order valence-electron chi connectivity index (χ2n) is 7.49. The molecule has 2 aromatic rings. The van der Waals surface area contributed by atoms with Crippen LogP contribution in [0.15, 0.2) is 34.6 Å². The van der Waals surface area contributed by atoms with Crippen molar-refractivity contribution in [3.8, 4) is 11.3 Å². The van der Waals surface area contributed by atoms with Gasteiger partial charge < -0.3 is 4.57 Å². The highest BCUT2D eigenvalue weighted by Crippen LogP contribution is 2.33. The molecule has 0 radical (unpaired) electrons. The first-order valence-corrected chi connectivity index (χ1v) is 11.1. The summed E-state index contributed by atoms with van der Waals surface area (Å²) in [4.78, 5) is 6.45. The van der Waals surface area contributed by atoms with Crippen LogP contribution in [0.1, 0.15) is 70.3 Å². The van der Waals surface area contributed by atoms with Gasteiger partial charge in [-0.05, 0) is 43.4 Å². The van der Waals surface area contributed by atoms with Crippen molar-refractivity contribution in [1.82, 2.24) is 4.57 Å². The number of halogens is 1. The van der Waals surface area contributed by atoms with Crippen LogP contribution in [0.5, 0.6) is 0 Å². The van der Waals surface area contributed by atoms with Gasteiger partial charge in [-0.1, -0.05) is 62.3 Å². The lowest BCUT2D eigenvalue weighted by Gasteiger charge is -2.26. The highest BCUT2D eigenvalue weighted by atomic mass is 35.5. The first kappa shape index (κ1) is 17.4. The van der Waals surface area contributed by atoms with Crippen molar-refractivity contribution in [2.75, 3.05) is 0 Å². The minimum absolute atomic E-state index is 0.528. The molecule has 0 bridgehead atoms. The molecular formula is C21H27ClN2S. The van der Waals surface area contributed by atoms with Gasteiger partial charge in [0, 0.05) is 16.4 Å². The van der Waals surface area contributed by atoms with E-state index in [0.29, 0.717) is 12.1 Å². The number of benzene rings is 1. The lowest BCUT2D eigenvalue weighted by molar-refractivity contribution is 0.346. The highest BCUT2D eigenvalue weighted by molar-refractivity contribution is 7.07. The molecule has 0 N–H and O–H groups in total. The summed E-state index contributed by atoms with van der Waals surface area (Å²) in [6, 6.07) is 9.42. The first-order valence-electron chi connectivity index (χ1n) is 9.81. The summed E-state index contributed by atoms with van der Waals surface area (Å²) in [6.07, 6.45) is 13.2. The summed E-state index contributed by atoms with van der Waals surface area (Å²) < 4.78 is 2.56. The number of aromatic nitrogens is 1. The molecule has 0 amide bonds. The van der Waals surface area contributed by atoms with Gasteiger partial charge in [-0.25, -0.2) is 0 Å². The average molecular weight is 375 g/mol. The van der Waals surface area contributed by atoms with Gasteiger partial charge in [0.15, 0.2) is 4.80 Å². The van der Waals surface area contributed by atoms with E-state index < -0.39 is 0 Å². The van der Waals surface area contributed by atoms with Crippen molar-refractivity contribution in [3.05, 3.63) is 39.5 Å². The van der Waals surface area contributed by atoms with E-state index in [1.165, 1.54) is 80.3 Å². The Hall–Kier alpha value is -1.06. The SMILES string of the molecule is Clc1ccc(-c2csc(=NC3CCCCC3)n2C2CCCCC2)cc1. The summed E-state index contributed by atoms with van der Waals surface area (Å²) in [5.41, 5.74) is 2.58. The normalized spacial score (nSPS) is 20.9. The Bertz CT molecular complexity index is 747. The van der Waals surface area contributed by atoms with Crippen LogP contribution in [-0.2, 0) is 0 Å². The first-order chi connectivity index (χ1) is 12.3. The molecule has 134 valence electrons. The van der Waals surface area contributed by atoms with Crippen molar-refractivity contribution in [3.63, 3.8) is 0 Å². The lowest BCUT2D eigenvalue weighted by atomic mass is 9.94. The fourth-order valence-electron chi connectivity index (χ4n) is 4.30. The fraction of sp³-hybridized carbons (Fsp3) is 0.571. The fourth-order valence-corrected chi connectivity index (χ4v) is 5.47. The number of hydrogen-bond donors (Lipinski definition) is 0. The number of hydrogen-bond acceptors (Lipinski definition) is 2. The van der Waals surface area contributed by atoms with Gasteiger partial charge in [0.2, 0.25) is 0 Å². The molecule has 0 spiro atoms. The minimum Gasteiger partial charge on any atom is -0.314 e. The quantitative estimate of drug-likeness (QED) is 0.575. The molecule has 0 saturated heterocycles. The Morgan fingerprint density at radius 2 is 1.52 bits per heavy atom. The maximum absolute atomic E-state index is 6.10. The summed E-state index contributed by atoms with van der Waals surface area (Å²) in [5, 5.41) is 3.11. The molecule has 1 aromatic carbocycles. The van der Waals surface area contributed by atoms with Crippen LogP contribution in [-0.4, -0.2) is 10.6 Å². The highest BCUT2D eigenvalue weighted by Gasteiger charge is 2.21. The zero-order chi connectivity index (χ0) is 17.1. The van der Waals surface area contributed by atoms with Crippen LogP contribution in [0.3, 0.4) is 0 Å². The monoisotopic (exact) mass is 374 g/mol. The van der Waals surface area contributed by atoms with Crippen LogP contribution >= 0.6 is 22.9 Å². The smallest absolute Gasteiger partial charge is 0.185 e. The molecule has 2 nitrogen and oxygen atoms in total. The molecule has 2 fully saturated rings. The van der Waals surface area contributed by atoms with Crippen LogP contribution < -0.4 is 4.80 Å². The molecule has 1 heterocycles. The summed E-state index contributed by atoms with van der Waals surface area (Å²) in [7, 11) is 0. The molecule has 2 aliphatic carbocycles. The minimum atomic E-state index is 0.528. The maximum Gasteiger partial charge on any atom is 0.185 e. The molecule has 1 aromatic heterocycles. The van der Waals surface area contributed by atoms with Crippen LogP contribution in [0.2, 0.25) is 5.02 Å². The Morgan fingerprint density at radius 3 is 2.20 bits per heavy atom. The van der Waals surface area contributed by atoms with Gasteiger partial charge >= 0.3 is 0 Å². The molecule has 4 rings (SSSR count). The van der Waals surface area contributed by atoms with Gasteiger partial charge in [0.05, 0.1) is 11.7 Å². The zero-order valence-corrected chi connectivity index (χ0v) is 16.4. The van der Waals surface area contributed by atoms with Crippen molar-refractivity contribution < 1.29 is 0 Å². The maximum atomic E-state index is 6.10. The summed E-state index contributed by atoms with van der Waals surface area (Å²) in [6.45, 7) is 0. The Kier molecular flexibility index (Phi) is 5.62. The van der Waals surface area contributed by atoms with E-state index in [4.69, 9.17) is 16.6 Å². The summed E-state index contributed by atoms with van der Waals surface area (Å²) in [5.74, 6) is 0. The molecule has 0 aliphatic heterocycles. The Morgan fingerprint density at radius 1 is 0.880 bits per heavy atom. The van der Waals surface area contributed by atoms with Crippen LogP contribution in [0.4, 0.5) is 0 Å². The van der Waals surface area contributed by atoms with Gasteiger partial charge in [-0.15, -0.1) is 11.3 Å². The molecule has 0 atom stereocenters. The van der Waals surface area contributed by atoms with Crippen LogP contribution in [0.25, 0.3) is 11.3 Å². The van der Waals surface area contributed by atoms with E-state index >= 15 is 0 Å². The average Bonchev–Trinajstić information content (AvgIpc) is 3.07. The van der Waals surface area contributed by atoms with E-state index in [9.17, 15) is 0 Å². The van der Waals surface area contributed by atoms with Crippen molar-refractivity contribution >= 4 is 22.9 Å². The van der Waals surface area contributed by atoms with Gasteiger partial charge in [-0.2, -0.15) is 0 Å². The number of thiazole rings is 1. The molecule has 2 saturated carbocycles. The van der Waals surface area contributed by atoms with E-state index in [0.717, 1.165) is 5.02 Å². The third-order valence-electron chi connectivity index (χ3n) is 5.69. The number of nitrogens with zero attached hydrogens (tertiary/aromatic N) is 2. The topological polar surface area (TPSA) is 17.3 Å². The van der Waals surface area contributed by atoms with E-state index in [2.05, 4.69) is 22.1 Å². The lowest BCUT2D eigenvalue weighted by Crippen LogP contribution is -2.26. The molecule has 2 aliphatic rings. The second kappa shape index (κ2) is 8.09. The van der Waals surface area contributed by atoms with Gasteiger partial charge in [-0.3, -0.25) is 4.99 Å². The van der Waals surface area contributed by atoms with Gasteiger partial charge in [0.25, 0.3) is 0 Å². The molecular weight excluding hydrogens is 348 g/mol. The number of rotatable bonds is 3. The van der Waals surface area contributed by atoms with Crippen molar-refractivity contribution in [2.45, 2.75) is 76.3 Å². The van der Waals surface area contributed by atoms with Crippen molar-refractivity contribution in [2.24, 2.45) is 4.99 Å². The Balaban J connectivity index is 1.75. The third-order valence-corrected chi connectivity index (χ3v) is 6.80. The molecule has 25 heavy (non-hydrogen) atoms. The summed E-state index contributed by atoms with van der Waals surface area (Å²) >= 11 is 7.92. The van der Waals surface area contributed by atoms with Crippen molar-refractivity contribution in [1.29, 1.82) is 0 Å². The molecule has 0 unspecified atom stereocenters. The van der Waals surface area contributed by atoms with Crippen LogP contribution in [0, 0.1) is 0 Å². The molecule has 4 heteroatoms. The van der Waals surface area contributed by atoms with E-state index in [1.807, 2.05) is 23.5 Å². The second-order valence-corrected chi connectivity index (χ2v) is 8.77. The largest absolute Gasteiger partial charge is 0.314 e. The van der Waals surface area contributed by atoms with E-state index in [-0.39, 0.29) is 0 Å². The Labute approximate surface area is 159 Å². The van der Waals surface area contributed by atoms with Gasteiger partial charge in [0.1, 0.15) is 0 Å². The van der Waals surface area contributed by atoms with E-state index in [1.54, 1.807) is 0 Å². The standard InChI is InChI=1S/C21H27ClN2S/c22-17-13-11-16(12-14-17)20-15-25-21(23-18-7-3-1-4-8-18)24(20)19-9-5-2-6-10-19/h11-15,18-19H,1-10H2. The predicted molar refractivity (Wildman–Crippen MR) is 107 cm³/mol. The predicted octanol–water partition coefficient (Wildman–Crippen LogP) is 6.61. The third kappa shape index (κ3) is 4.03. The zero-order valence-electron chi connectivity index (χ0n) is 14.8.